The number of benzene rings is 1. The lowest BCUT2D eigenvalue weighted by Crippen LogP contribution is -2.34. The van der Waals surface area contributed by atoms with Crippen LogP contribution in [-0.4, -0.2) is 43.8 Å². The number of aromatic hydroxyl groups is 1. The van der Waals surface area contributed by atoms with Gasteiger partial charge in [-0.1, -0.05) is 0 Å². The molecular formula is C12H17N3O3S. The molecule has 1 aromatic carbocycles. The van der Waals surface area contributed by atoms with E-state index >= 15 is 0 Å². The topological polar surface area (TPSA) is 75.1 Å². The molecule has 104 valence electrons. The average Bonchev–Trinajstić information content (AvgIpc) is 2.41. The van der Waals surface area contributed by atoms with Gasteiger partial charge < -0.3 is 19.9 Å². The molecule has 0 aliphatic rings. The lowest BCUT2D eigenvalue weighted by Gasteiger charge is -2.06. The summed E-state index contributed by atoms with van der Waals surface area (Å²) in [6, 6.07) is 4.87. The Balaban J connectivity index is 2.50. The zero-order chi connectivity index (χ0) is 14.1. The van der Waals surface area contributed by atoms with Crippen molar-refractivity contribution >= 4 is 23.5 Å². The summed E-state index contributed by atoms with van der Waals surface area (Å²) in [5.74, 6) is 0.754. The highest BCUT2D eigenvalue weighted by atomic mass is 32.1. The molecule has 0 unspecified atom stereocenters. The third-order valence-corrected chi connectivity index (χ3v) is 2.43. The van der Waals surface area contributed by atoms with Gasteiger partial charge in [0.25, 0.3) is 0 Å². The molecule has 0 aromatic heterocycles. The summed E-state index contributed by atoms with van der Waals surface area (Å²) in [6.07, 6.45) is 1.46. The highest BCUT2D eigenvalue weighted by Crippen LogP contribution is 2.20. The molecule has 1 aromatic rings. The van der Waals surface area contributed by atoms with Crippen LogP contribution in [0.1, 0.15) is 5.56 Å². The second kappa shape index (κ2) is 8.28. The van der Waals surface area contributed by atoms with Gasteiger partial charge in [0, 0.05) is 19.2 Å². The first-order chi connectivity index (χ1) is 9.17. The normalized spacial score (nSPS) is 10.4. The maximum Gasteiger partial charge on any atom is 0.187 e. The number of nitrogens with one attached hydrogen (secondary N) is 2. The highest BCUT2D eigenvalue weighted by molar-refractivity contribution is 7.80. The molecular weight excluding hydrogens is 266 g/mol. The Morgan fingerprint density at radius 2 is 2.26 bits per heavy atom. The molecule has 3 N–H and O–H groups in total. The average molecular weight is 283 g/mol. The Labute approximate surface area is 117 Å². The molecule has 19 heavy (non-hydrogen) atoms. The van der Waals surface area contributed by atoms with Gasteiger partial charge in [-0.2, -0.15) is 5.10 Å². The SMILES string of the molecule is COCCNC(=S)NN=Cc1cc(OC)ccc1O. The molecule has 7 heteroatoms. The lowest BCUT2D eigenvalue weighted by atomic mass is 10.2. The van der Waals surface area contributed by atoms with E-state index in [1.165, 1.54) is 12.3 Å². The van der Waals surface area contributed by atoms with Crippen LogP contribution in [0.2, 0.25) is 0 Å². The number of hydrazone groups is 1. The van der Waals surface area contributed by atoms with Crippen LogP contribution in [0.3, 0.4) is 0 Å². The standard InChI is InChI=1S/C12H17N3O3S/c1-17-6-5-13-12(19)15-14-8-9-7-10(18-2)3-4-11(9)16/h3-4,7-8,16H,5-6H2,1-2H3,(H2,13,15,19). The van der Waals surface area contributed by atoms with E-state index in [0.29, 0.717) is 29.6 Å². The van der Waals surface area contributed by atoms with Gasteiger partial charge >= 0.3 is 0 Å². The van der Waals surface area contributed by atoms with Crippen molar-refractivity contribution in [3.8, 4) is 11.5 Å². The van der Waals surface area contributed by atoms with Crippen molar-refractivity contribution in [1.29, 1.82) is 0 Å². The number of ether oxygens (including phenoxy) is 2. The molecule has 0 saturated carbocycles. The fourth-order valence-electron chi connectivity index (χ4n) is 1.23. The minimum Gasteiger partial charge on any atom is -0.507 e. The largest absolute Gasteiger partial charge is 0.507 e. The van der Waals surface area contributed by atoms with E-state index in [0.717, 1.165) is 0 Å². The summed E-state index contributed by atoms with van der Waals surface area (Å²) in [4.78, 5) is 0. The number of phenolic OH excluding ortho intramolecular Hbond substituents is 1. The fourth-order valence-corrected chi connectivity index (χ4v) is 1.38. The molecule has 0 bridgehead atoms. The number of nitrogens with zero attached hydrogens (tertiary/aromatic N) is 1. The van der Waals surface area contributed by atoms with Gasteiger partial charge in [-0.25, -0.2) is 0 Å². The van der Waals surface area contributed by atoms with Crippen LogP contribution in [0.4, 0.5) is 0 Å². The zero-order valence-corrected chi connectivity index (χ0v) is 11.7. The minimum atomic E-state index is 0.115. The highest BCUT2D eigenvalue weighted by Gasteiger charge is 2.00. The van der Waals surface area contributed by atoms with Crippen LogP contribution < -0.4 is 15.5 Å². The van der Waals surface area contributed by atoms with Crippen molar-refractivity contribution in [2.45, 2.75) is 0 Å². The molecule has 0 saturated heterocycles. The van der Waals surface area contributed by atoms with Gasteiger partial charge in [-0.05, 0) is 30.4 Å². The van der Waals surface area contributed by atoms with E-state index in [1.807, 2.05) is 0 Å². The number of thiocarbonyl (C=S) groups is 1. The van der Waals surface area contributed by atoms with E-state index in [2.05, 4.69) is 15.8 Å². The molecule has 0 aliphatic heterocycles. The first-order valence-electron chi connectivity index (χ1n) is 5.60. The summed E-state index contributed by atoms with van der Waals surface area (Å²) in [6.45, 7) is 1.16. The number of phenols is 1. The second-order valence-corrected chi connectivity index (χ2v) is 3.95. The van der Waals surface area contributed by atoms with E-state index in [1.54, 1.807) is 26.4 Å². The van der Waals surface area contributed by atoms with Crippen molar-refractivity contribution in [3.63, 3.8) is 0 Å². The molecule has 0 amide bonds. The maximum atomic E-state index is 9.63. The quantitative estimate of drug-likeness (QED) is 0.311. The first kappa shape index (κ1) is 15.2. The summed E-state index contributed by atoms with van der Waals surface area (Å²) in [5.41, 5.74) is 3.17. The predicted octanol–water partition coefficient (Wildman–Crippen LogP) is 0.845. The Bertz CT molecular complexity index is 452. The molecule has 0 radical (unpaired) electrons. The molecule has 0 aliphatic carbocycles. The van der Waals surface area contributed by atoms with Crippen LogP contribution in [-0.2, 0) is 4.74 Å². The van der Waals surface area contributed by atoms with Crippen molar-refractivity contribution < 1.29 is 14.6 Å². The van der Waals surface area contributed by atoms with Gasteiger partial charge in [0.1, 0.15) is 11.5 Å². The number of hydrogen-bond donors (Lipinski definition) is 3. The summed E-state index contributed by atoms with van der Waals surface area (Å²) in [7, 11) is 3.17. The smallest absolute Gasteiger partial charge is 0.187 e. The van der Waals surface area contributed by atoms with E-state index < -0.39 is 0 Å². The third-order valence-electron chi connectivity index (χ3n) is 2.20. The fraction of sp³-hybridized carbons (Fsp3) is 0.333. The second-order valence-electron chi connectivity index (χ2n) is 3.54. The van der Waals surface area contributed by atoms with Crippen LogP contribution in [0.15, 0.2) is 23.3 Å². The molecule has 0 spiro atoms. The minimum absolute atomic E-state index is 0.115. The molecule has 6 nitrogen and oxygen atoms in total. The van der Waals surface area contributed by atoms with Gasteiger partial charge in [0.2, 0.25) is 0 Å². The van der Waals surface area contributed by atoms with Crippen LogP contribution in [0.25, 0.3) is 0 Å². The lowest BCUT2D eigenvalue weighted by molar-refractivity contribution is 0.204. The molecule has 0 fully saturated rings. The molecule has 0 atom stereocenters. The molecule has 0 heterocycles. The van der Waals surface area contributed by atoms with Crippen LogP contribution in [0.5, 0.6) is 11.5 Å². The predicted molar refractivity (Wildman–Crippen MR) is 77.9 cm³/mol. The van der Waals surface area contributed by atoms with Gasteiger partial charge in [0.05, 0.1) is 19.9 Å². The molecule has 1 rings (SSSR count). The van der Waals surface area contributed by atoms with Gasteiger partial charge in [0.15, 0.2) is 5.11 Å². The van der Waals surface area contributed by atoms with Crippen molar-refractivity contribution in [2.24, 2.45) is 5.10 Å². The Hall–Kier alpha value is -1.86. The van der Waals surface area contributed by atoms with E-state index in [4.69, 9.17) is 21.7 Å². The third kappa shape index (κ3) is 5.54. The van der Waals surface area contributed by atoms with E-state index in [9.17, 15) is 5.11 Å². The van der Waals surface area contributed by atoms with Crippen molar-refractivity contribution in [2.75, 3.05) is 27.4 Å². The zero-order valence-electron chi connectivity index (χ0n) is 10.8. The van der Waals surface area contributed by atoms with Crippen molar-refractivity contribution in [1.82, 2.24) is 10.7 Å². The Morgan fingerprint density at radius 1 is 1.47 bits per heavy atom. The maximum absolute atomic E-state index is 9.63. The summed E-state index contributed by atoms with van der Waals surface area (Å²) >= 11 is 4.99. The van der Waals surface area contributed by atoms with E-state index in [-0.39, 0.29) is 5.75 Å². The Kier molecular flexibility index (Phi) is 6.62. The van der Waals surface area contributed by atoms with Crippen molar-refractivity contribution in [3.05, 3.63) is 23.8 Å². The van der Waals surface area contributed by atoms with Gasteiger partial charge in [-0.15, -0.1) is 0 Å². The number of hydrogen-bond acceptors (Lipinski definition) is 5. The van der Waals surface area contributed by atoms with Crippen LogP contribution >= 0.6 is 12.2 Å². The summed E-state index contributed by atoms with van der Waals surface area (Å²) in [5, 5.41) is 16.8. The Morgan fingerprint density at radius 3 is 2.95 bits per heavy atom. The van der Waals surface area contributed by atoms with Gasteiger partial charge in [-0.3, -0.25) is 5.43 Å². The van der Waals surface area contributed by atoms with Crippen LogP contribution in [0, 0.1) is 0 Å². The number of methoxy groups -OCH3 is 2. The first-order valence-corrected chi connectivity index (χ1v) is 6.01. The number of rotatable bonds is 6. The summed E-state index contributed by atoms with van der Waals surface area (Å²) < 4.78 is 9.93. The monoisotopic (exact) mass is 283 g/mol.